The van der Waals surface area contributed by atoms with E-state index in [1.165, 1.54) is 5.57 Å². The number of hydrogen-bond donors (Lipinski definition) is 3. The number of nitrogens with one attached hydrogen (secondary N) is 1. The summed E-state index contributed by atoms with van der Waals surface area (Å²) in [7, 11) is 0. The Hall–Kier alpha value is -1.72. The van der Waals surface area contributed by atoms with Gasteiger partial charge in [-0.1, -0.05) is 26.0 Å². The van der Waals surface area contributed by atoms with Gasteiger partial charge in [0.15, 0.2) is 0 Å². The van der Waals surface area contributed by atoms with Crippen molar-refractivity contribution in [3.8, 4) is 0 Å². The van der Waals surface area contributed by atoms with E-state index in [-0.39, 0.29) is 35.4 Å². The van der Waals surface area contributed by atoms with Gasteiger partial charge >= 0.3 is 0 Å². The molecule has 7 atom stereocenters. The zero-order valence-electron chi connectivity index (χ0n) is 19.0. The van der Waals surface area contributed by atoms with Crippen LogP contribution >= 0.6 is 0 Å². The summed E-state index contributed by atoms with van der Waals surface area (Å²) >= 11 is 0. The molecule has 0 aliphatic heterocycles. The normalized spacial score (nSPS) is 40.4. The van der Waals surface area contributed by atoms with Crippen LogP contribution in [-0.2, 0) is 0 Å². The lowest BCUT2D eigenvalue weighted by molar-refractivity contribution is -0.0928. The molecule has 0 aromatic carbocycles. The Labute approximate surface area is 186 Å². The second-order valence-electron chi connectivity index (χ2n) is 10.7. The number of allylic oxidation sites excluding steroid dienone is 1. The van der Waals surface area contributed by atoms with E-state index in [4.69, 9.17) is 0 Å². The van der Waals surface area contributed by atoms with E-state index in [9.17, 15) is 15.0 Å². The van der Waals surface area contributed by atoms with Crippen molar-refractivity contribution in [2.75, 3.05) is 13.2 Å². The molecule has 170 valence electrons. The number of hydrogen-bond acceptors (Lipinski definition) is 4. The SMILES string of the molecule is C=C1CC[C@H]2[C@H](CNC(=O)c3ccncc3)[C@@H]([C@@]3(C)CC[C@H](O)C[C@@H]3CO)CC[C@]12C. The standard InChI is InChI=1S/C26H38N2O3/c1-17-4-5-22-21(15-28-24(31)18-8-12-27-13-9-18)23(7-11-25(17,22)2)26(3)10-6-20(30)14-19(26)16-29/h8-9,12-13,19-23,29-30H,1,4-7,10-11,14-16H2,2-3H3,(H,28,31)/t19-,20+,21+,22+,23+,25-,26+/m1/s1. The summed E-state index contributed by atoms with van der Waals surface area (Å²) in [6, 6.07) is 3.50. The number of nitrogens with zero attached hydrogens (tertiary/aromatic N) is 1. The van der Waals surface area contributed by atoms with Crippen LogP contribution in [0.5, 0.6) is 0 Å². The van der Waals surface area contributed by atoms with Gasteiger partial charge in [0.25, 0.3) is 5.91 Å². The molecule has 0 spiro atoms. The van der Waals surface area contributed by atoms with Crippen molar-refractivity contribution in [3.63, 3.8) is 0 Å². The van der Waals surface area contributed by atoms with Crippen molar-refractivity contribution in [2.24, 2.45) is 34.5 Å². The van der Waals surface area contributed by atoms with Crippen LogP contribution in [0.15, 0.2) is 36.7 Å². The van der Waals surface area contributed by atoms with Crippen molar-refractivity contribution in [3.05, 3.63) is 42.2 Å². The van der Waals surface area contributed by atoms with Gasteiger partial charge in [-0.15, -0.1) is 0 Å². The molecule has 1 amide bonds. The molecule has 31 heavy (non-hydrogen) atoms. The Kier molecular flexibility index (Phi) is 6.28. The van der Waals surface area contributed by atoms with Gasteiger partial charge in [0.2, 0.25) is 0 Å². The van der Waals surface area contributed by atoms with Crippen molar-refractivity contribution < 1.29 is 15.0 Å². The third kappa shape index (κ3) is 3.95. The molecule has 4 rings (SSSR count). The molecule has 3 aliphatic carbocycles. The van der Waals surface area contributed by atoms with Crippen molar-refractivity contribution >= 4 is 5.91 Å². The minimum Gasteiger partial charge on any atom is -0.396 e. The molecule has 0 unspecified atom stereocenters. The molecule has 3 saturated carbocycles. The highest BCUT2D eigenvalue weighted by molar-refractivity contribution is 5.93. The molecule has 3 N–H and O–H groups in total. The number of rotatable bonds is 5. The van der Waals surface area contributed by atoms with E-state index in [0.717, 1.165) is 38.5 Å². The van der Waals surface area contributed by atoms with E-state index in [1.54, 1.807) is 24.5 Å². The Balaban J connectivity index is 1.60. The van der Waals surface area contributed by atoms with Gasteiger partial charge in [-0.25, -0.2) is 0 Å². The maximum absolute atomic E-state index is 12.8. The molecule has 0 bridgehead atoms. The molecule has 1 aromatic rings. The van der Waals surface area contributed by atoms with Gasteiger partial charge in [-0.2, -0.15) is 0 Å². The lowest BCUT2D eigenvalue weighted by atomic mass is 9.49. The summed E-state index contributed by atoms with van der Waals surface area (Å²) in [6.07, 6.45) is 9.82. The maximum Gasteiger partial charge on any atom is 0.251 e. The van der Waals surface area contributed by atoms with Gasteiger partial charge in [0, 0.05) is 31.1 Å². The lowest BCUT2D eigenvalue weighted by Gasteiger charge is -2.56. The van der Waals surface area contributed by atoms with Gasteiger partial charge in [-0.3, -0.25) is 9.78 Å². The fourth-order valence-electron chi connectivity index (χ4n) is 7.28. The minimum absolute atomic E-state index is 0.0225. The number of pyridine rings is 1. The molecule has 0 radical (unpaired) electrons. The number of aliphatic hydroxyl groups is 2. The zero-order valence-corrected chi connectivity index (χ0v) is 19.0. The molecule has 0 saturated heterocycles. The van der Waals surface area contributed by atoms with E-state index in [1.807, 2.05) is 0 Å². The first-order chi connectivity index (χ1) is 14.8. The Morgan fingerprint density at radius 3 is 2.65 bits per heavy atom. The largest absolute Gasteiger partial charge is 0.396 e. The topological polar surface area (TPSA) is 82.5 Å². The molecule has 1 heterocycles. The maximum atomic E-state index is 12.8. The number of carbonyl (C=O) groups is 1. The predicted molar refractivity (Wildman–Crippen MR) is 121 cm³/mol. The fourth-order valence-corrected chi connectivity index (χ4v) is 7.28. The Morgan fingerprint density at radius 2 is 1.94 bits per heavy atom. The minimum atomic E-state index is -0.310. The number of carbonyl (C=O) groups excluding carboxylic acids is 1. The number of aromatic nitrogens is 1. The highest BCUT2D eigenvalue weighted by Gasteiger charge is 2.56. The van der Waals surface area contributed by atoms with Crippen LogP contribution in [0.3, 0.4) is 0 Å². The molecule has 3 aliphatic rings. The molecule has 3 fully saturated rings. The first-order valence-corrected chi connectivity index (χ1v) is 11.9. The summed E-state index contributed by atoms with van der Waals surface area (Å²) in [6.45, 7) is 9.88. The monoisotopic (exact) mass is 426 g/mol. The Morgan fingerprint density at radius 1 is 1.19 bits per heavy atom. The summed E-state index contributed by atoms with van der Waals surface area (Å²) in [5, 5.41) is 23.7. The van der Waals surface area contributed by atoms with Crippen molar-refractivity contribution in [1.82, 2.24) is 10.3 Å². The molecular weight excluding hydrogens is 388 g/mol. The van der Waals surface area contributed by atoms with Crippen molar-refractivity contribution in [2.45, 2.75) is 64.9 Å². The molecule has 5 heteroatoms. The Bertz CT molecular complexity index is 812. The third-order valence-corrected chi connectivity index (χ3v) is 9.41. The van der Waals surface area contributed by atoms with Crippen LogP contribution in [0.2, 0.25) is 0 Å². The molecule has 1 aromatic heterocycles. The highest BCUT2D eigenvalue weighted by Crippen LogP contribution is 2.63. The number of fused-ring (bicyclic) bond motifs is 1. The second kappa shape index (κ2) is 8.67. The van der Waals surface area contributed by atoms with Gasteiger partial charge in [-0.05, 0) is 91.6 Å². The smallest absolute Gasteiger partial charge is 0.251 e. The average Bonchev–Trinajstić information content (AvgIpc) is 3.08. The van der Waals surface area contributed by atoms with Crippen LogP contribution in [0.25, 0.3) is 0 Å². The summed E-state index contributed by atoms with van der Waals surface area (Å²) < 4.78 is 0. The first kappa shape index (κ1) is 22.5. The van der Waals surface area contributed by atoms with E-state index in [0.29, 0.717) is 36.3 Å². The third-order valence-electron chi connectivity index (χ3n) is 9.41. The molecule has 5 nitrogen and oxygen atoms in total. The van der Waals surface area contributed by atoms with E-state index >= 15 is 0 Å². The van der Waals surface area contributed by atoms with E-state index in [2.05, 4.69) is 30.7 Å². The zero-order chi connectivity index (χ0) is 22.2. The number of aliphatic hydroxyl groups excluding tert-OH is 2. The predicted octanol–water partition coefficient (Wildman–Crippen LogP) is 3.97. The molecular formula is C26H38N2O3. The number of amides is 1. The lowest BCUT2D eigenvalue weighted by Crippen LogP contribution is -2.53. The summed E-state index contributed by atoms with van der Waals surface area (Å²) in [5.74, 6) is 1.32. The van der Waals surface area contributed by atoms with Crippen LogP contribution in [0.4, 0.5) is 0 Å². The highest BCUT2D eigenvalue weighted by atomic mass is 16.3. The van der Waals surface area contributed by atoms with Crippen LogP contribution in [0.1, 0.15) is 69.2 Å². The first-order valence-electron chi connectivity index (χ1n) is 11.9. The average molecular weight is 427 g/mol. The van der Waals surface area contributed by atoms with Crippen LogP contribution < -0.4 is 5.32 Å². The van der Waals surface area contributed by atoms with Crippen molar-refractivity contribution in [1.29, 1.82) is 0 Å². The summed E-state index contributed by atoms with van der Waals surface area (Å²) in [5.41, 5.74) is 2.12. The van der Waals surface area contributed by atoms with E-state index < -0.39 is 0 Å². The van der Waals surface area contributed by atoms with Crippen LogP contribution in [0, 0.1) is 34.5 Å². The van der Waals surface area contributed by atoms with Gasteiger partial charge in [0.05, 0.1) is 6.10 Å². The fraction of sp³-hybridized carbons (Fsp3) is 0.692. The van der Waals surface area contributed by atoms with Crippen LogP contribution in [-0.4, -0.2) is 40.4 Å². The van der Waals surface area contributed by atoms with Gasteiger partial charge < -0.3 is 15.5 Å². The summed E-state index contributed by atoms with van der Waals surface area (Å²) in [4.78, 5) is 16.8. The quantitative estimate of drug-likeness (QED) is 0.622. The second-order valence-corrected chi connectivity index (χ2v) is 10.7. The van der Waals surface area contributed by atoms with Gasteiger partial charge in [0.1, 0.15) is 0 Å².